The minimum Gasteiger partial charge on any atom is -0.478 e. The van der Waals surface area contributed by atoms with Gasteiger partial charge in [-0.05, 0) is 25.1 Å². The van der Waals surface area contributed by atoms with Gasteiger partial charge in [0.05, 0.1) is 29.4 Å². The van der Waals surface area contributed by atoms with E-state index in [-0.39, 0.29) is 0 Å². The van der Waals surface area contributed by atoms with Gasteiger partial charge in [0.2, 0.25) is 5.88 Å². The molecule has 0 saturated heterocycles. The number of nitrogens with one attached hydrogen (secondary N) is 1. The van der Waals surface area contributed by atoms with Crippen LogP contribution in [0.4, 0.5) is 0 Å². The lowest BCUT2D eigenvalue weighted by molar-refractivity contribution is 0.328. The Morgan fingerprint density at radius 3 is 3.05 bits per heavy atom. The Balaban J connectivity index is 1.86. The van der Waals surface area contributed by atoms with Crippen molar-refractivity contribution in [3.8, 4) is 17.3 Å². The molecule has 0 bridgehead atoms. The van der Waals surface area contributed by atoms with Crippen LogP contribution in [0.3, 0.4) is 0 Å². The van der Waals surface area contributed by atoms with Crippen molar-refractivity contribution < 1.29 is 4.74 Å². The summed E-state index contributed by atoms with van der Waals surface area (Å²) in [5, 5.41) is 4.32. The molecule has 0 aliphatic heterocycles. The van der Waals surface area contributed by atoms with Gasteiger partial charge in [0.25, 0.3) is 0 Å². The van der Waals surface area contributed by atoms with Gasteiger partial charge in [-0.15, -0.1) is 0 Å². The number of nitrogens with zero attached hydrogens (tertiary/aromatic N) is 4. The fourth-order valence-corrected chi connectivity index (χ4v) is 2.35. The van der Waals surface area contributed by atoms with Crippen molar-refractivity contribution in [2.75, 3.05) is 6.61 Å². The Hall–Kier alpha value is -2.89. The normalized spacial score (nSPS) is 11.3. The van der Waals surface area contributed by atoms with Crippen molar-refractivity contribution in [1.29, 1.82) is 0 Å². The van der Waals surface area contributed by atoms with Gasteiger partial charge < -0.3 is 9.72 Å². The van der Waals surface area contributed by atoms with E-state index in [0.29, 0.717) is 18.1 Å². The van der Waals surface area contributed by atoms with E-state index in [1.165, 1.54) is 0 Å². The molecule has 4 rings (SSSR count). The van der Waals surface area contributed by atoms with E-state index in [4.69, 9.17) is 4.74 Å². The highest BCUT2D eigenvalue weighted by Gasteiger charge is 2.12. The molecule has 4 aromatic rings. The van der Waals surface area contributed by atoms with E-state index in [9.17, 15) is 0 Å². The first-order chi connectivity index (χ1) is 10.3. The number of aromatic nitrogens is 5. The molecule has 1 N–H and O–H groups in total. The van der Waals surface area contributed by atoms with Gasteiger partial charge >= 0.3 is 0 Å². The highest BCUT2D eigenvalue weighted by Crippen LogP contribution is 2.24. The van der Waals surface area contributed by atoms with Gasteiger partial charge in [-0.2, -0.15) is 10.1 Å². The molecule has 0 radical (unpaired) electrons. The Bertz CT molecular complexity index is 924. The van der Waals surface area contributed by atoms with Crippen LogP contribution in [0.2, 0.25) is 0 Å². The standard InChI is InChI=1S/C15H13N5O/c1-2-21-13-7-6-11-15(18-13)19-14(17-11)10-9-16-20-8-4-3-5-12(10)20/h3-9H,2H2,1H3,(H,17,18,19). The zero-order valence-corrected chi connectivity index (χ0v) is 11.4. The summed E-state index contributed by atoms with van der Waals surface area (Å²) in [4.78, 5) is 12.2. The molecule has 6 nitrogen and oxygen atoms in total. The van der Waals surface area contributed by atoms with E-state index in [0.717, 1.165) is 22.4 Å². The Kier molecular flexibility index (Phi) is 2.60. The summed E-state index contributed by atoms with van der Waals surface area (Å²) in [6.45, 7) is 2.52. The molecule has 0 spiro atoms. The highest BCUT2D eigenvalue weighted by molar-refractivity contribution is 5.82. The van der Waals surface area contributed by atoms with E-state index < -0.39 is 0 Å². The lowest BCUT2D eigenvalue weighted by Crippen LogP contribution is -1.93. The second-order valence-electron chi connectivity index (χ2n) is 4.63. The minimum atomic E-state index is 0.586. The largest absolute Gasteiger partial charge is 0.478 e. The van der Waals surface area contributed by atoms with Crippen LogP contribution in [0.1, 0.15) is 6.92 Å². The third-order valence-electron chi connectivity index (χ3n) is 3.29. The molecule has 0 aliphatic carbocycles. The summed E-state index contributed by atoms with van der Waals surface area (Å²) in [6, 6.07) is 9.70. The topological polar surface area (TPSA) is 68.1 Å². The zero-order valence-electron chi connectivity index (χ0n) is 11.4. The molecule has 0 saturated carbocycles. The maximum absolute atomic E-state index is 5.40. The quantitative estimate of drug-likeness (QED) is 0.626. The van der Waals surface area contributed by atoms with Crippen LogP contribution < -0.4 is 4.74 Å². The summed E-state index contributed by atoms with van der Waals surface area (Å²) in [5.74, 6) is 1.34. The molecule has 0 atom stereocenters. The number of imidazole rings is 1. The Morgan fingerprint density at radius 2 is 2.14 bits per heavy atom. The average Bonchev–Trinajstić information content (AvgIpc) is 3.10. The second kappa shape index (κ2) is 4.59. The maximum atomic E-state index is 5.40. The Morgan fingerprint density at radius 1 is 1.19 bits per heavy atom. The molecule has 0 unspecified atom stereocenters. The van der Waals surface area contributed by atoms with Crippen LogP contribution >= 0.6 is 0 Å². The number of hydrogen-bond acceptors (Lipinski definition) is 4. The number of rotatable bonds is 3. The maximum Gasteiger partial charge on any atom is 0.215 e. The van der Waals surface area contributed by atoms with Gasteiger partial charge in [0.1, 0.15) is 5.82 Å². The van der Waals surface area contributed by atoms with Crippen LogP contribution in [0.15, 0.2) is 42.7 Å². The van der Waals surface area contributed by atoms with Crippen molar-refractivity contribution in [3.63, 3.8) is 0 Å². The smallest absolute Gasteiger partial charge is 0.215 e. The summed E-state index contributed by atoms with van der Waals surface area (Å²) in [6.07, 6.45) is 3.71. The lowest BCUT2D eigenvalue weighted by Gasteiger charge is -1.99. The molecule has 4 heterocycles. The van der Waals surface area contributed by atoms with Gasteiger partial charge in [0, 0.05) is 12.3 Å². The summed E-state index contributed by atoms with van der Waals surface area (Å²) in [7, 11) is 0. The SMILES string of the molecule is CCOc1ccc2[nH]c(-c3cnn4ccccc34)nc2n1. The fraction of sp³-hybridized carbons (Fsp3) is 0.133. The third kappa shape index (κ3) is 1.92. The molecule has 4 aromatic heterocycles. The van der Waals surface area contributed by atoms with Gasteiger partial charge in [0.15, 0.2) is 5.65 Å². The predicted molar refractivity (Wildman–Crippen MR) is 79.2 cm³/mol. The summed E-state index contributed by atoms with van der Waals surface area (Å²) in [5.41, 5.74) is 3.48. The van der Waals surface area contributed by atoms with Crippen LogP contribution in [0, 0.1) is 0 Å². The number of pyridine rings is 2. The first-order valence-electron chi connectivity index (χ1n) is 6.77. The first-order valence-corrected chi connectivity index (χ1v) is 6.77. The van der Waals surface area contributed by atoms with Crippen molar-refractivity contribution in [2.24, 2.45) is 0 Å². The van der Waals surface area contributed by atoms with E-state index >= 15 is 0 Å². The molecule has 6 heteroatoms. The molecule has 0 amide bonds. The molecule has 21 heavy (non-hydrogen) atoms. The molecule has 104 valence electrons. The lowest BCUT2D eigenvalue weighted by atomic mass is 10.2. The van der Waals surface area contributed by atoms with E-state index in [1.54, 1.807) is 6.20 Å². The van der Waals surface area contributed by atoms with Crippen LogP contribution in [-0.4, -0.2) is 31.2 Å². The number of aromatic amines is 1. The van der Waals surface area contributed by atoms with Crippen molar-refractivity contribution in [2.45, 2.75) is 6.92 Å². The summed E-state index contributed by atoms with van der Waals surface area (Å²) < 4.78 is 7.22. The number of hydrogen-bond donors (Lipinski definition) is 1. The monoisotopic (exact) mass is 279 g/mol. The highest BCUT2D eigenvalue weighted by atomic mass is 16.5. The number of H-pyrrole nitrogens is 1. The van der Waals surface area contributed by atoms with Crippen LogP contribution in [0.25, 0.3) is 28.1 Å². The predicted octanol–water partition coefficient (Wildman–Crippen LogP) is 2.67. The van der Waals surface area contributed by atoms with Crippen LogP contribution in [0.5, 0.6) is 5.88 Å². The molecular weight excluding hydrogens is 266 g/mol. The zero-order chi connectivity index (χ0) is 14.2. The fourth-order valence-electron chi connectivity index (χ4n) is 2.35. The molecular formula is C15H13N5O. The number of ether oxygens (including phenoxy) is 1. The average molecular weight is 279 g/mol. The van der Waals surface area contributed by atoms with Gasteiger partial charge in [-0.25, -0.2) is 9.50 Å². The van der Waals surface area contributed by atoms with Gasteiger partial charge in [-0.1, -0.05) is 6.07 Å². The Labute approximate surface area is 120 Å². The number of fused-ring (bicyclic) bond motifs is 2. The van der Waals surface area contributed by atoms with Crippen molar-refractivity contribution >= 4 is 16.7 Å². The molecule has 0 aromatic carbocycles. The first kappa shape index (κ1) is 11.9. The van der Waals surface area contributed by atoms with Gasteiger partial charge in [-0.3, -0.25) is 0 Å². The minimum absolute atomic E-state index is 0.586. The van der Waals surface area contributed by atoms with Crippen molar-refractivity contribution in [1.82, 2.24) is 24.6 Å². The molecule has 0 aliphatic rings. The second-order valence-corrected chi connectivity index (χ2v) is 4.63. The molecule has 0 fully saturated rings. The third-order valence-corrected chi connectivity index (χ3v) is 3.29. The van der Waals surface area contributed by atoms with Crippen LogP contribution in [-0.2, 0) is 0 Å². The van der Waals surface area contributed by atoms with E-state index in [2.05, 4.69) is 20.1 Å². The van der Waals surface area contributed by atoms with Crippen molar-refractivity contribution in [3.05, 3.63) is 42.7 Å². The summed E-state index contributed by atoms with van der Waals surface area (Å²) >= 11 is 0. The van der Waals surface area contributed by atoms with E-state index in [1.807, 2.05) is 48.0 Å².